The third-order valence-corrected chi connectivity index (χ3v) is 10.1. The van der Waals surface area contributed by atoms with E-state index in [9.17, 15) is 19.5 Å². The molecule has 3 saturated heterocycles. The molecule has 0 saturated carbocycles. The van der Waals surface area contributed by atoms with Gasteiger partial charge >= 0.3 is 0 Å². The number of hydrogen-bond acceptors (Lipinski definition) is 6. The number of fused-ring (bicyclic) bond motifs is 5. The van der Waals surface area contributed by atoms with E-state index in [4.69, 9.17) is 4.74 Å². The summed E-state index contributed by atoms with van der Waals surface area (Å²) in [5.41, 5.74) is 2.78. The van der Waals surface area contributed by atoms with E-state index in [0.717, 1.165) is 23.1 Å². The third-order valence-electron chi connectivity index (χ3n) is 10.1. The Kier molecular flexibility index (Phi) is 5.79. The number of benzene rings is 1. The lowest BCUT2D eigenvalue weighted by Crippen LogP contribution is -2.72. The van der Waals surface area contributed by atoms with Gasteiger partial charge in [0.25, 0.3) is 11.8 Å². The number of nitrogens with zero attached hydrogens (tertiary/aromatic N) is 3. The maximum absolute atomic E-state index is 14.3. The van der Waals surface area contributed by atoms with Crippen LogP contribution in [0, 0.1) is 17.8 Å². The van der Waals surface area contributed by atoms with Crippen LogP contribution in [0.4, 0.5) is 0 Å². The van der Waals surface area contributed by atoms with Gasteiger partial charge in [0.2, 0.25) is 17.5 Å². The number of carbonyl (C=O) groups excluding carboxylic acids is 3. The molecular weight excluding hydrogens is 522 g/mol. The normalized spacial score (nSPS) is 34.8. The lowest BCUT2D eigenvalue weighted by atomic mass is 9.79. The minimum absolute atomic E-state index is 0.150. The van der Waals surface area contributed by atoms with Crippen LogP contribution in [-0.2, 0) is 25.5 Å². The second-order valence-electron chi connectivity index (χ2n) is 13.1. The molecule has 7 rings (SSSR count). The predicted octanol–water partition coefficient (Wildman–Crippen LogP) is 2.04. The van der Waals surface area contributed by atoms with Gasteiger partial charge in [-0.1, -0.05) is 45.9 Å². The molecule has 1 aliphatic carbocycles. The summed E-state index contributed by atoms with van der Waals surface area (Å²) in [7, 11) is 2.03. The molecule has 218 valence electrons. The van der Waals surface area contributed by atoms with Crippen molar-refractivity contribution in [3.05, 3.63) is 41.6 Å². The van der Waals surface area contributed by atoms with Gasteiger partial charge in [-0.2, -0.15) is 0 Å². The van der Waals surface area contributed by atoms with Crippen LogP contribution in [0.15, 0.2) is 30.5 Å². The molecule has 2 aromatic rings. The molecule has 3 fully saturated rings. The molecule has 41 heavy (non-hydrogen) atoms. The predicted molar refractivity (Wildman–Crippen MR) is 152 cm³/mol. The fraction of sp³-hybridized carbons (Fsp3) is 0.581. The van der Waals surface area contributed by atoms with Crippen LogP contribution >= 0.6 is 0 Å². The maximum Gasteiger partial charge on any atom is 0.281 e. The average molecular weight is 562 g/mol. The van der Waals surface area contributed by atoms with Crippen molar-refractivity contribution in [3.8, 4) is 0 Å². The number of rotatable bonds is 4. The first-order valence-electron chi connectivity index (χ1n) is 14.9. The van der Waals surface area contributed by atoms with Gasteiger partial charge in [0.1, 0.15) is 12.1 Å². The molecule has 6 atom stereocenters. The first-order chi connectivity index (χ1) is 19.5. The zero-order valence-corrected chi connectivity index (χ0v) is 24.3. The molecule has 3 amide bonds. The molecule has 1 aromatic heterocycles. The lowest BCUT2D eigenvalue weighted by molar-refractivity contribution is -0.323. The SMILES string of the molecule is CC(C)C1C(=O)N2CCCC2C2(O)OC(NC(=O)[C@@H]3C=C4c5cccc6[nH]cc(c56)C[C@@H]4N(C)C3)(C(C)C)C(=O)N12. The van der Waals surface area contributed by atoms with Crippen molar-refractivity contribution < 1.29 is 24.2 Å². The summed E-state index contributed by atoms with van der Waals surface area (Å²) in [4.78, 5) is 50.4. The van der Waals surface area contributed by atoms with Crippen molar-refractivity contribution in [3.63, 3.8) is 0 Å². The molecule has 5 aliphatic rings. The van der Waals surface area contributed by atoms with Crippen molar-refractivity contribution in [2.24, 2.45) is 17.8 Å². The van der Waals surface area contributed by atoms with E-state index in [-0.39, 0.29) is 23.8 Å². The highest BCUT2D eigenvalue weighted by Crippen LogP contribution is 2.49. The van der Waals surface area contributed by atoms with E-state index in [1.165, 1.54) is 15.8 Å². The van der Waals surface area contributed by atoms with Gasteiger partial charge in [-0.25, -0.2) is 0 Å². The van der Waals surface area contributed by atoms with E-state index in [0.29, 0.717) is 25.9 Å². The van der Waals surface area contributed by atoms with E-state index >= 15 is 0 Å². The molecule has 0 radical (unpaired) electrons. The second-order valence-corrected chi connectivity index (χ2v) is 13.1. The van der Waals surface area contributed by atoms with Gasteiger partial charge in [-0.05, 0) is 55.0 Å². The summed E-state index contributed by atoms with van der Waals surface area (Å²) in [6, 6.07) is 4.80. The number of aromatic nitrogens is 1. The average Bonchev–Trinajstić information content (AvgIpc) is 3.64. The summed E-state index contributed by atoms with van der Waals surface area (Å²) >= 11 is 0. The van der Waals surface area contributed by atoms with Crippen molar-refractivity contribution in [1.29, 1.82) is 0 Å². The molecule has 0 spiro atoms. The standard InChI is InChI=1S/C31H39N5O5/c1-16(2)26-28(38)35-11-7-10-24(35)31(40)36(26)29(39)30(41-31,17(3)4)33-27(37)19-12-21-20-8-6-9-22-25(20)18(14-32-22)13-23(21)34(5)15-19/h6,8-9,12,14,16-17,19,23-24,26,32,40H,7,10-11,13,15H2,1-5H3,(H,33,37)/t19-,23+,24?,26?,30?,31?/m1/s1. The first-order valence-corrected chi connectivity index (χ1v) is 14.9. The quantitative estimate of drug-likeness (QED) is 0.526. The topological polar surface area (TPSA) is 118 Å². The largest absolute Gasteiger partial charge is 0.361 e. The van der Waals surface area contributed by atoms with Crippen LogP contribution in [0.2, 0.25) is 0 Å². The number of nitrogens with one attached hydrogen (secondary N) is 2. The first kappa shape index (κ1) is 26.7. The van der Waals surface area contributed by atoms with Crippen LogP contribution in [0.3, 0.4) is 0 Å². The van der Waals surface area contributed by atoms with E-state index in [1.807, 2.05) is 33.0 Å². The zero-order valence-electron chi connectivity index (χ0n) is 24.3. The highest BCUT2D eigenvalue weighted by atomic mass is 16.7. The van der Waals surface area contributed by atoms with Crippen molar-refractivity contribution in [2.45, 2.75) is 76.7 Å². The molecule has 10 nitrogen and oxygen atoms in total. The summed E-state index contributed by atoms with van der Waals surface area (Å²) in [6.45, 7) is 8.32. The Morgan fingerprint density at radius 3 is 2.73 bits per heavy atom. The minimum atomic E-state index is -2.01. The number of hydrogen-bond donors (Lipinski definition) is 3. The fourth-order valence-corrected chi connectivity index (χ4v) is 7.97. The number of H-pyrrole nitrogens is 1. The molecule has 1 aromatic carbocycles. The van der Waals surface area contributed by atoms with Gasteiger partial charge in [-0.15, -0.1) is 0 Å². The van der Waals surface area contributed by atoms with E-state index in [1.54, 1.807) is 18.7 Å². The summed E-state index contributed by atoms with van der Waals surface area (Å²) in [6.07, 6.45) is 6.21. The van der Waals surface area contributed by atoms with Gasteiger partial charge in [0.15, 0.2) is 0 Å². The van der Waals surface area contributed by atoms with Crippen molar-refractivity contribution in [2.75, 3.05) is 20.1 Å². The Hall–Kier alpha value is -3.21. The maximum atomic E-state index is 14.3. The van der Waals surface area contributed by atoms with Crippen LogP contribution in [-0.4, -0.2) is 92.4 Å². The zero-order chi connectivity index (χ0) is 29.0. The molecular formula is C31H39N5O5. The summed E-state index contributed by atoms with van der Waals surface area (Å²) in [5, 5.41) is 16.2. The second kappa shape index (κ2) is 8.89. The van der Waals surface area contributed by atoms with Gasteiger partial charge in [0.05, 0.1) is 5.92 Å². The summed E-state index contributed by atoms with van der Waals surface area (Å²) < 4.78 is 6.40. The number of carbonyl (C=O) groups is 3. The highest BCUT2D eigenvalue weighted by molar-refractivity contribution is 6.01. The van der Waals surface area contributed by atoms with Crippen LogP contribution in [0.1, 0.15) is 51.7 Å². The Morgan fingerprint density at radius 1 is 1.22 bits per heavy atom. The number of amides is 3. The van der Waals surface area contributed by atoms with Gasteiger partial charge < -0.3 is 20.3 Å². The molecule has 4 unspecified atom stereocenters. The number of ether oxygens (including phenoxy) is 1. The molecule has 3 N–H and O–H groups in total. The Morgan fingerprint density at radius 2 is 2.00 bits per heavy atom. The lowest BCUT2D eigenvalue weighted by Gasteiger charge is -2.49. The fourth-order valence-electron chi connectivity index (χ4n) is 7.97. The number of aromatic amines is 1. The van der Waals surface area contributed by atoms with Crippen LogP contribution < -0.4 is 5.32 Å². The van der Waals surface area contributed by atoms with Crippen molar-refractivity contribution >= 4 is 34.2 Å². The molecule has 4 aliphatic heterocycles. The van der Waals surface area contributed by atoms with Gasteiger partial charge in [-0.3, -0.25) is 28.9 Å². The Balaban J connectivity index is 1.25. The monoisotopic (exact) mass is 561 g/mol. The Labute approximate surface area is 239 Å². The molecule has 5 heterocycles. The smallest absolute Gasteiger partial charge is 0.281 e. The Bertz CT molecular complexity index is 1500. The van der Waals surface area contributed by atoms with E-state index in [2.05, 4.69) is 33.5 Å². The highest BCUT2D eigenvalue weighted by Gasteiger charge is 2.72. The molecule has 10 heteroatoms. The van der Waals surface area contributed by atoms with Crippen LogP contribution in [0.25, 0.3) is 16.5 Å². The van der Waals surface area contributed by atoms with Crippen molar-refractivity contribution in [1.82, 2.24) is 25.0 Å². The van der Waals surface area contributed by atoms with Gasteiger partial charge in [0, 0.05) is 42.1 Å². The van der Waals surface area contributed by atoms with E-state index < -0.39 is 41.5 Å². The van der Waals surface area contributed by atoms with Crippen LogP contribution in [0.5, 0.6) is 0 Å². The number of piperazine rings is 1. The summed E-state index contributed by atoms with van der Waals surface area (Å²) in [5.74, 6) is -4.36. The molecule has 0 bridgehead atoms. The minimum Gasteiger partial charge on any atom is -0.361 e. The third kappa shape index (κ3) is 3.50. The number of aliphatic hydroxyl groups is 1. The number of likely N-dealkylation sites (N-methyl/N-ethyl adjacent to an activating group) is 1.